The molecule has 1 saturated carbocycles. The van der Waals surface area contributed by atoms with Gasteiger partial charge in [-0.05, 0) is 43.4 Å². The van der Waals surface area contributed by atoms with Gasteiger partial charge >= 0.3 is 0 Å². The summed E-state index contributed by atoms with van der Waals surface area (Å²) in [5.41, 5.74) is 0.519. The maximum absolute atomic E-state index is 12.7. The summed E-state index contributed by atoms with van der Waals surface area (Å²) < 4.78 is 0. The van der Waals surface area contributed by atoms with Crippen molar-refractivity contribution >= 4 is 35.0 Å². The minimum Gasteiger partial charge on any atom is -0.362 e. The third-order valence-electron chi connectivity index (χ3n) is 6.67. The molecule has 0 radical (unpaired) electrons. The van der Waals surface area contributed by atoms with Crippen LogP contribution in [-0.4, -0.2) is 47.4 Å². The number of anilines is 1. The van der Waals surface area contributed by atoms with Crippen molar-refractivity contribution in [3.8, 4) is 0 Å². The van der Waals surface area contributed by atoms with E-state index in [1.54, 1.807) is 23.1 Å². The van der Waals surface area contributed by atoms with E-state index < -0.39 is 5.66 Å². The Bertz CT molecular complexity index is 861. The Morgan fingerprint density at radius 2 is 2.03 bits per heavy atom. The van der Waals surface area contributed by atoms with Crippen LogP contribution in [0.15, 0.2) is 18.2 Å². The van der Waals surface area contributed by atoms with Gasteiger partial charge in [0, 0.05) is 36.1 Å². The van der Waals surface area contributed by atoms with E-state index in [-0.39, 0.29) is 36.7 Å². The molecule has 2 aliphatic heterocycles. The third kappa shape index (κ3) is 4.41. The molecule has 3 amide bonds. The number of hydrogen-bond acceptors (Lipinski definition) is 4. The van der Waals surface area contributed by atoms with Gasteiger partial charge in [-0.1, -0.05) is 31.4 Å². The van der Waals surface area contributed by atoms with Crippen LogP contribution in [0.4, 0.5) is 5.69 Å². The van der Waals surface area contributed by atoms with Crippen molar-refractivity contribution in [2.45, 2.75) is 63.6 Å². The van der Waals surface area contributed by atoms with Crippen LogP contribution in [0.3, 0.4) is 0 Å². The highest BCUT2D eigenvalue weighted by Gasteiger charge is 2.40. The molecule has 1 saturated heterocycles. The Kier molecular flexibility index (Phi) is 5.91. The van der Waals surface area contributed by atoms with Crippen LogP contribution in [0.25, 0.3) is 0 Å². The molecular formula is C22H29ClN4O3. The Balaban J connectivity index is 1.40. The molecule has 1 aromatic carbocycles. The fourth-order valence-electron chi connectivity index (χ4n) is 4.81. The molecular weight excluding hydrogens is 404 g/mol. The lowest BCUT2D eigenvalue weighted by atomic mass is 9.86. The summed E-state index contributed by atoms with van der Waals surface area (Å²) in [6, 6.07) is 5.37. The van der Waals surface area contributed by atoms with E-state index >= 15 is 0 Å². The monoisotopic (exact) mass is 432 g/mol. The number of carbonyl (C=O) groups excluding carboxylic acids is 3. The van der Waals surface area contributed by atoms with E-state index in [2.05, 4.69) is 22.9 Å². The summed E-state index contributed by atoms with van der Waals surface area (Å²) in [6.07, 6.45) is 5.75. The molecule has 2 fully saturated rings. The van der Waals surface area contributed by atoms with E-state index in [1.807, 2.05) is 0 Å². The number of nitrogens with zero attached hydrogens (tertiary/aromatic N) is 1. The van der Waals surface area contributed by atoms with Crippen LogP contribution in [0.5, 0.6) is 0 Å². The Hall–Kier alpha value is -2.28. The number of carbonyl (C=O) groups is 3. The lowest BCUT2D eigenvalue weighted by Crippen LogP contribution is -2.58. The van der Waals surface area contributed by atoms with Crippen LogP contribution < -0.4 is 16.0 Å². The highest BCUT2D eigenvalue weighted by molar-refractivity contribution is 6.31. The molecule has 1 aliphatic carbocycles. The summed E-state index contributed by atoms with van der Waals surface area (Å²) in [5.74, 6) is 0.118. The fraction of sp³-hybridized carbons (Fsp3) is 0.591. The maximum atomic E-state index is 12.7. The molecule has 3 N–H and O–H groups in total. The molecule has 3 aliphatic rings. The molecule has 8 heteroatoms. The van der Waals surface area contributed by atoms with Crippen LogP contribution in [-0.2, 0) is 9.59 Å². The smallest absolute Gasteiger partial charge is 0.255 e. The van der Waals surface area contributed by atoms with Crippen molar-refractivity contribution in [2.24, 2.45) is 5.92 Å². The van der Waals surface area contributed by atoms with Gasteiger partial charge in [0.2, 0.25) is 11.8 Å². The number of benzene rings is 1. The van der Waals surface area contributed by atoms with E-state index in [0.717, 1.165) is 19.3 Å². The zero-order valence-corrected chi connectivity index (χ0v) is 18.1. The van der Waals surface area contributed by atoms with Crippen molar-refractivity contribution in [3.05, 3.63) is 28.8 Å². The van der Waals surface area contributed by atoms with Crippen LogP contribution >= 0.6 is 11.6 Å². The fourth-order valence-corrected chi connectivity index (χ4v) is 4.99. The van der Waals surface area contributed by atoms with Crippen molar-refractivity contribution in [3.63, 3.8) is 0 Å². The summed E-state index contributed by atoms with van der Waals surface area (Å²) in [5, 5.41) is 10.1. The molecule has 162 valence electrons. The lowest BCUT2D eigenvalue weighted by Gasteiger charge is -2.40. The second kappa shape index (κ2) is 8.46. The SMILES string of the molecule is CC1CCCCC1NC(=O)CN1CCC2(CCC1=O)NC(=O)c1cc(Cl)ccc1N2. The Morgan fingerprint density at radius 3 is 2.83 bits per heavy atom. The number of likely N-dealkylation sites (tertiary alicyclic amines) is 1. The van der Waals surface area contributed by atoms with Gasteiger partial charge in [-0.3, -0.25) is 14.4 Å². The van der Waals surface area contributed by atoms with E-state index in [9.17, 15) is 14.4 Å². The van der Waals surface area contributed by atoms with Crippen molar-refractivity contribution in [1.29, 1.82) is 0 Å². The van der Waals surface area contributed by atoms with Gasteiger partial charge in [0.05, 0.1) is 12.1 Å². The van der Waals surface area contributed by atoms with Gasteiger partial charge in [-0.15, -0.1) is 0 Å². The molecule has 4 rings (SSSR count). The summed E-state index contributed by atoms with van der Waals surface area (Å²) in [6.45, 7) is 2.65. The predicted molar refractivity (Wildman–Crippen MR) is 115 cm³/mol. The molecule has 2 heterocycles. The summed E-state index contributed by atoms with van der Waals surface area (Å²) in [4.78, 5) is 39.5. The van der Waals surface area contributed by atoms with Gasteiger partial charge in [-0.25, -0.2) is 0 Å². The average molecular weight is 433 g/mol. The van der Waals surface area contributed by atoms with Crippen molar-refractivity contribution in [2.75, 3.05) is 18.4 Å². The minimum atomic E-state index is -0.698. The number of halogens is 1. The lowest BCUT2D eigenvalue weighted by molar-refractivity contribution is -0.136. The molecule has 30 heavy (non-hydrogen) atoms. The van der Waals surface area contributed by atoms with Gasteiger partial charge in [0.15, 0.2) is 0 Å². The number of rotatable bonds is 3. The van der Waals surface area contributed by atoms with Crippen molar-refractivity contribution in [1.82, 2.24) is 15.5 Å². The highest BCUT2D eigenvalue weighted by Crippen LogP contribution is 2.33. The first kappa shape index (κ1) is 21.0. The Morgan fingerprint density at radius 1 is 1.23 bits per heavy atom. The second-order valence-corrected chi connectivity index (χ2v) is 9.29. The summed E-state index contributed by atoms with van der Waals surface area (Å²) in [7, 11) is 0. The molecule has 3 unspecified atom stereocenters. The quantitative estimate of drug-likeness (QED) is 0.685. The highest BCUT2D eigenvalue weighted by atomic mass is 35.5. The molecule has 3 atom stereocenters. The van der Waals surface area contributed by atoms with Crippen LogP contribution in [0.2, 0.25) is 5.02 Å². The molecule has 0 bridgehead atoms. The van der Waals surface area contributed by atoms with Crippen LogP contribution in [0, 0.1) is 5.92 Å². The number of nitrogens with one attached hydrogen (secondary N) is 3. The molecule has 1 spiro atoms. The van der Waals surface area contributed by atoms with Crippen LogP contribution in [0.1, 0.15) is 62.2 Å². The number of fused-ring (bicyclic) bond motifs is 1. The molecule has 0 aromatic heterocycles. The van der Waals surface area contributed by atoms with E-state index in [0.29, 0.717) is 41.6 Å². The second-order valence-electron chi connectivity index (χ2n) is 8.85. The first-order chi connectivity index (χ1) is 14.3. The largest absolute Gasteiger partial charge is 0.362 e. The number of amides is 3. The minimum absolute atomic E-state index is 0.0586. The molecule has 7 nitrogen and oxygen atoms in total. The van der Waals surface area contributed by atoms with Gasteiger partial charge < -0.3 is 20.9 Å². The first-order valence-electron chi connectivity index (χ1n) is 10.8. The van der Waals surface area contributed by atoms with Gasteiger partial charge in [0.1, 0.15) is 5.66 Å². The normalized spacial score (nSPS) is 28.9. The van der Waals surface area contributed by atoms with E-state index in [1.165, 1.54) is 6.42 Å². The first-order valence-corrected chi connectivity index (χ1v) is 11.2. The van der Waals surface area contributed by atoms with Crippen molar-refractivity contribution < 1.29 is 14.4 Å². The topological polar surface area (TPSA) is 90.5 Å². The molecule has 1 aromatic rings. The third-order valence-corrected chi connectivity index (χ3v) is 6.91. The standard InChI is InChI=1S/C22H29ClN4O3/c1-14-4-2-3-5-17(14)24-19(28)13-27-11-10-22(9-8-20(27)29)25-18-7-6-15(23)12-16(18)21(30)26-22/h6-7,12,14,17,25H,2-5,8-11,13H2,1H3,(H,24,28)(H,26,30). The number of hydrogen-bond donors (Lipinski definition) is 3. The zero-order valence-electron chi connectivity index (χ0n) is 17.3. The van der Waals surface area contributed by atoms with Gasteiger partial charge in [-0.2, -0.15) is 0 Å². The van der Waals surface area contributed by atoms with E-state index in [4.69, 9.17) is 11.6 Å². The maximum Gasteiger partial charge on any atom is 0.255 e. The summed E-state index contributed by atoms with van der Waals surface area (Å²) >= 11 is 6.01. The Labute approximate surface area is 181 Å². The zero-order chi connectivity index (χ0) is 21.3. The predicted octanol–water partition coefficient (Wildman–Crippen LogP) is 2.90. The average Bonchev–Trinajstić information content (AvgIpc) is 2.85. The van der Waals surface area contributed by atoms with Gasteiger partial charge in [0.25, 0.3) is 5.91 Å².